The maximum absolute atomic E-state index is 12.2. The molecule has 0 saturated carbocycles. The molecule has 25 heavy (non-hydrogen) atoms. The van der Waals surface area contributed by atoms with Crippen LogP contribution in [0.1, 0.15) is 58.4 Å². The number of ether oxygens (including phenoxy) is 2. The van der Waals surface area contributed by atoms with Gasteiger partial charge in [0.05, 0.1) is 13.0 Å². The largest absolute Gasteiger partial charge is 0.497 e. The van der Waals surface area contributed by atoms with Crippen molar-refractivity contribution < 1.29 is 14.3 Å². The highest BCUT2D eigenvalue weighted by atomic mass is 16.5. The van der Waals surface area contributed by atoms with Crippen molar-refractivity contribution in [2.75, 3.05) is 13.7 Å². The summed E-state index contributed by atoms with van der Waals surface area (Å²) >= 11 is 0. The van der Waals surface area contributed by atoms with E-state index < -0.39 is 0 Å². The van der Waals surface area contributed by atoms with E-state index in [-0.39, 0.29) is 17.3 Å². The van der Waals surface area contributed by atoms with Crippen LogP contribution in [0.15, 0.2) is 47.6 Å². The van der Waals surface area contributed by atoms with Crippen LogP contribution in [0.3, 0.4) is 0 Å². The topological polar surface area (TPSA) is 35.5 Å². The molecule has 3 heteroatoms. The van der Waals surface area contributed by atoms with Gasteiger partial charge >= 0.3 is 5.97 Å². The Hall–Kier alpha value is -2.03. The predicted octanol–water partition coefficient (Wildman–Crippen LogP) is 5.42. The number of hydrogen-bond acceptors (Lipinski definition) is 3. The summed E-state index contributed by atoms with van der Waals surface area (Å²) < 4.78 is 10.6. The monoisotopic (exact) mass is 342 g/mol. The van der Waals surface area contributed by atoms with Gasteiger partial charge in [-0.3, -0.25) is 4.79 Å². The van der Waals surface area contributed by atoms with Gasteiger partial charge in [0.1, 0.15) is 12.4 Å². The highest BCUT2D eigenvalue weighted by molar-refractivity contribution is 5.77. The van der Waals surface area contributed by atoms with Gasteiger partial charge in [-0.05, 0) is 67.9 Å². The summed E-state index contributed by atoms with van der Waals surface area (Å²) in [6.45, 7) is 8.95. The fraction of sp³-hybridized carbons (Fsp3) is 0.500. The lowest BCUT2D eigenvalue weighted by atomic mass is 9.73. The summed E-state index contributed by atoms with van der Waals surface area (Å²) in [6.07, 6.45) is 7.73. The highest BCUT2D eigenvalue weighted by Crippen LogP contribution is 2.40. The standard InChI is InChI=1S/C22H30O3/c1-16-8-6-14-22(3,4)20(16)9-7-15-25-21(23)17(2)18-10-12-19(24-5)13-11-18/h7,9-13,17H,6,8,14-15H2,1-5H3. The molecule has 3 nitrogen and oxygen atoms in total. The quantitative estimate of drug-likeness (QED) is 0.647. The first-order valence-electron chi connectivity index (χ1n) is 9.02. The number of carbonyl (C=O) groups is 1. The summed E-state index contributed by atoms with van der Waals surface area (Å²) in [4.78, 5) is 12.2. The third-order valence-electron chi connectivity index (χ3n) is 5.12. The minimum absolute atomic E-state index is 0.205. The van der Waals surface area contributed by atoms with Crippen molar-refractivity contribution in [2.24, 2.45) is 5.41 Å². The molecular formula is C22H30O3. The molecule has 0 heterocycles. The van der Waals surface area contributed by atoms with E-state index in [1.807, 2.05) is 37.3 Å². The van der Waals surface area contributed by atoms with Gasteiger partial charge in [0.25, 0.3) is 0 Å². The maximum atomic E-state index is 12.2. The van der Waals surface area contributed by atoms with Crippen molar-refractivity contribution in [2.45, 2.75) is 52.9 Å². The van der Waals surface area contributed by atoms with E-state index in [0.717, 1.165) is 17.7 Å². The number of benzene rings is 1. The highest BCUT2D eigenvalue weighted by Gasteiger charge is 2.26. The second-order valence-corrected chi connectivity index (χ2v) is 7.46. The molecule has 0 amide bonds. The normalized spacial score (nSPS) is 18.3. The van der Waals surface area contributed by atoms with E-state index in [1.165, 1.54) is 24.0 Å². The molecule has 0 saturated heterocycles. The molecule has 0 spiro atoms. The van der Waals surface area contributed by atoms with Crippen LogP contribution in [0, 0.1) is 5.41 Å². The molecule has 1 aromatic carbocycles. The Morgan fingerprint density at radius 1 is 1.28 bits per heavy atom. The van der Waals surface area contributed by atoms with Crippen LogP contribution >= 0.6 is 0 Å². The van der Waals surface area contributed by atoms with Crippen LogP contribution in [-0.2, 0) is 9.53 Å². The molecule has 0 N–H and O–H groups in total. The summed E-state index contributed by atoms with van der Waals surface area (Å²) in [5.41, 5.74) is 3.98. The lowest BCUT2D eigenvalue weighted by molar-refractivity contribution is -0.143. The lowest BCUT2D eigenvalue weighted by Gasteiger charge is -2.32. The Labute approximate surface area is 151 Å². The number of esters is 1. The van der Waals surface area contributed by atoms with Gasteiger partial charge in [-0.25, -0.2) is 0 Å². The van der Waals surface area contributed by atoms with E-state index in [9.17, 15) is 4.79 Å². The summed E-state index contributed by atoms with van der Waals surface area (Å²) in [7, 11) is 1.63. The van der Waals surface area contributed by atoms with Gasteiger partial charge in [-0.2, -0.15) is 0 Å². The van der Waals surface area contributed by atoms with Crippen molar-refractivity contribution in [1.82, 2.24) is 0 Å². The van der Waals surface area contributed by atoms with Gasteiger partial charge in [0.2, 0.25) is 0 Å². The Kier molecular flexibility index (Phi) is 6.46. The molecule has 2 rings (SSSR count). The Morgan fingerprint density at radius 2 is 1.96 bits per heavy atom. The lowest BCUT2D eigenvalue weighted by Crippen LogP contribution is -2.19. The van der Waals surface area contributed by atoms with E-state index >= 15 is 0 Å². The fourth-order valence-electron chi connectivity index (χ4n) is 3.46. The number of rotatable bonds is 6. The molecule has 1 atom stereocenters. The second kappa shape index (κ2) is 8.37. The fourth-order valence-corrected chi connectivity index (χ4v) is 3.46. The molecule has 0 radical (unpaired) electrons. The van der Waals surface area contributed by atoms with Crippen LogP contribution in [0.5, 0.6) is 5.75 Å². The van der Waals surface area contributed by atoms with Crippen molar-refractivity contribution in [3.8, 4) is 5.75 Å². The van der Waals surface area contributed by atoms with Crippen molar-refractivity contribution >= 4 is 5.97 Å². The maximum Gasteiger partial charge on any atom is 0.313 e. The second-order valence-electron chi connectivity index (χ2n) is 7.46. The van der Waals surface area contributed by atoms with Gasteiger partial charge in [-0.15, -0.1) is 0 Å². The van der Waals surface area contributed by atoms with E-state index in [4.69, 9.17) is 9.47 Å². The van der Waals surface area contributed by atoms with Crippen LogP contribution in [0.2, 0.25) is 0 Å². The Bertz CT molecular complexity index is 650. The number of hydrogen-bond donors (Lipinski definition) is 0. The van der Waals surface area contributed by atoms with Crippen LogP contribution in [-0.4, -0.2) is 19.7 Å². The van der Waals surface area contributed by atoms with Crippen LogP contribution < -0.4 is 4.74 Å². The summed E-state index contributed by atoms with van der Waals surface area (Å²) in [5.74, 6) is 0.292. The summed E-state index contributed by atoms with van der Waals surface area (Å²) in [6, 6.07) is 7.53. The molecule has 1 aliphatic carbocycles. The summed E-state index contributed by atoms with van der Waals surface area (Å²) in [5, 5.41) is 0. The SMILES string of the molecule is COc1ccc(C(C)C(=O)OCC=CC2=C(C)CCCC2(C)C)cc1. The zero-order valence-corrected chi connectivity index (χ0v) is 16.1. The van der Waals surface area contributed by atoms with Gasteiger partial charge in [-0.1, -0.05) is 37.6 Å². The van der Waals surface area contributed by atoms with Crippen LogP contribution in [0.25, 0.3) is 0 Å². The Balaban J connectivity index is 1.91. The van der Waals surface area contributed by atoms with Crippen molar-refractivity contribution in [1.29, 1.82) is 0 Å². The number of methoxy groups -OCH3 is 1. The molecule has 0 aromatic heterocycles. The predicted molar refractivity (Wildman–Crippen MR) is 102 cm³/mol. The van der Waals surface area contributed by atoms with Crippen molar-refractivity contribution in [3.63, 3.8) is 0 Å². The van der Waals surface area contributed by atoms with Gasteiger partial charge in [0, 0.05) is 0 Å². The molecule has 136 valence electrons. The van der Waals surface area contributed by atoms with Crippen molar-refractivity contribution in [3.05, 3.63) is 53.1 Å². The van der Waals surface area contributed by atoms with E-state index in [1.54, 1.807) is 7.11 Å². The first kappa shape index (κ1) is 19.3. The Morgan fingerprint density at radius 3 is 2.56 bits per heavy atom. The minimum atomic E-state index is -0.286. The van der Waals surface area contributed by atoms with E-state index in [0.29, 0.717) is 6.61 Å². The smallest absolute Gasteiger partial charge is 0.313 e. The number of allylic oxidation sites excluding steroid dienone is 3. The molecule has 0 bridgehead atoms. The van der Waals surface area contributed by atoms with Gasteiger partial charge in [0.15, 0.2) is 0 Å². The molecule has 0 aliphatic heterocycles. The van der Waals surface area contributed by atoms with Gasteiger partial charge < -0.3 is 9.47 Å². The number of carbonyl (C=O) groups excluding carboxylic acids is 1. The third kappa shape index (κ3) is 4.97. The molecular weight excluding hydrogens is 312 g/mol. The molecule has 1 aromatic rings. The molecule has 1 unspecified atom stereocenters. The first-order valence-corrected chi connectivity index (χ1v) is 9.02. The molecule has 0 fully saturated rings. The molecule has 1 aliphatic rings. The average Bonchev–Trinajstić information content (AvgIpc) is 2.59. The zero-order chi connectivity index (χ0) is 18.4. The first-order chi connectivity index (χ1) is 11.8. The van der Waals surface area contributed by atoms with Crippen LogP contribution in [0.4, 0.5) is 0 Å². The minimum Gasteiger partial charge on any atom is -0.497 e. The van der Waals surface area contributed by atoms with E-state index in [2.05, 4.69) is 26.8 Å². The average molecular weight is 342 g/mol. The third-order valence-corrected chi connectivity index (χ3v) is 5.12. The zero-order valence-electron chi connectivity index (χ0n) is 16.1.